The molecule has 1 aliphatic carbocycles. The number of aryl methyl sites for hydroxylation is 1. The van der Waals surface area contributed by atoms with Crippen LogP contribution in [0.15, 0.2) is 35.5 Å². The van der Waals surface area contributed by atoms with Crippen LogP contribution in [0.25, 0.3) is 0 Å². The van der Waals surface area contributed by atoms with Crippen LogP contribution < -0.4 is 10.6 Å². The first-order valence-corrected chi connectivity index (χ1v) is 9.15. The molecule has 3 rings (SSSR count). The number of rotatable bonds is 4. The van der Waals surface area contributed by atoms with E-state index in [1.54, 1.807) is 6.92 Å². The lowest BCUT2D eigenvalue weighted by Crippen LogP contribution is -2.47. The van der Waals surface area contributed by atoms with Gasteiger partial charge in [0.2, 0.25) is 0 Å². The van der Waals surface area contributed by atoms with Crippen LogP contribution in [0.5, 0.6) is 0 Å². The van der Waals surface area contributed by atoms with Gasteiger partial charge in [0.25, 0.3) is 0 Å². The Balaban J connectivity index is 2.05. The summed E-state index contributed by atoms with van der Waals surface area (Å²) in [4.78, 5) is 25.0. The smallest absolute Gasteiger partial charge is 0.338 e. The molecule has 1 atom stereocenters. The van der Waals surface area contributed by atoms with Gasteiger partial charge in [0.05, 0.1) is 18.2 Å². The Morgan fingerprint density at radius 3 is 2.48 bits per heavy atom. The minimum Gasteiger partial charge on any atom is -0.463 e. The van der Waals surface area contributed by atoms with Crippen LogP contribution in [0.4, 0.5) is 4.79 Å². The number of carbonyl (C=O) groups excluding carboxylic acids is 2. The van der Waals surface area contributed by atoms with Crippen LogP contribution in [0.2, 0.25) is 0 Å². The monoisotopic (exact) mass is 342 g/mol. The first-order valence-electron chi connectivity index (χ1n) is 9.15. The molecule has 5 nitrogen and oxygen atoms in total. The summed E-state index contributed by atoms with van der Waals surface area (Å²) in [5.41, 5.74) is 3.35. The summed E-state index contributed by atoms with van der Waals surface area (Å²) in [6.07, 6.45) is 5.47. The van der Waals surface area contributed by atoms with E-state index in [0.29, 0.717) is 12.2 Å². The predicted molar refractivity (Wildman–Crippen MR) is 95.8 cm³/mol. The highest BCUT2D eigenvalue weighted by atomic mass is 16.5. The fourth-order valence-corrected chi connectivity index (χ4v) is 3.74. The lowest BCUT2D eigenvalue weighted by molar-refractivity contribution is -0.139. The van der Waals surface area contributed by atoms with Crippen molar-refractivity contribution in [3.05, 3.63) is 46.7 Å². The third-order valence-corrected chi connectivity index (χ3v) is 5.02. The molecule has 1 unspecified atom stereocenters. The van der Waals surface area contributed by atoms with Crippen LogP contribution >= 0.6 is 0 Å². The van der Waals surface area contributed by atoms with Crippen LogP contribution in [0, 0.1) is 12.8 Å². The second-order valence-corrected chi connectivity index (χ2v) is 6.82. The molecule has 1 aromatic carbocycles. The quantitative estimate of drug-likeness (QED) is 0.819. The molecule has 0 bridgehead atoms. The molecule has 2 amide bonds. The van der Waals surface area contributed by atoms with Gasteiger partial charge in [0, 0.05) is 5.70 Å². The summed E-state index contributed by atoms with van der Waals surface area (Å²) in [6.45, 7) is 4.13. The van der Waals surface area contributed by atoms with E-state index in [1.807, 2.05) is 31.2 Å². The summed E-state index contributed by atoms with van der Waals surface area (Å²) in [5, 5.41) is 5.82. The average Bonchev–Trinajstić information content (AvgIpc) is 2.62. The van der Waals surface area contributed by atoms with Crippen molar-refractivity contribution < 1.29 is 14.3 Å². The first kappa shape index (κ1) is 17.5. The number of benzene rings is 1. The molecule has 1 heterocycles. The van der Waals surface area contributed by atoms with Crippen LogP contribution in [0.3, 0.4) is 0 Å². The summed E-state index contributed by atoms with van der Waals surface area (Å²) in [7, 11) is 0. The van der Waals surface area contributed by atoms with Crippen molar-refractivity contribution >= 4 is 12.0 Å². The topological polar surface area (TPSA) is 67.4 Å². The third kappa shape index (κ3) is 3.86. The second kappa shape index (κ2) is 7.72. The normalized spacial score (nSPS) is 21.5. The number of nitrogens with one attached hydrogen (secondary N) is 2. The van der Waals surface area contributed by atoms with Gasteiger partial charge in [-0.1, -0.05) is 49.1 Å². The summed E-state index contributed by atoms with van der Waals surface area (Å²) in [5.74, 6) is -0.131. The molecule has 0 aromatic heterocycles. The van der Waals surface area contributed by atoms with Gasteiger partial charge in [-0.2, -0.15) is 0 Å². The Kier molecular flexibility index (Phi) is 5.41. The van der Waals surface area contributed by atoms with Gasteiger partial charge in [-0.25, -0.2) is 9.59 Å². The predicted octanol–water partition coefficient (Wildman–Crippen LogP) is 3.75. The molecule has 0 radical (unpaired) electrons. The van der Waals surface area contributed by atoms with Crippen molar-refractivity contribution in [2.75, 3.05) is 6.61 Å². The zero-order valence-electron chi connectivity index (χ0n) is 14.9. The highest BCUT2D eigenvalue weighted by molar-refractivity contribution is 5.95. The molecule has 1 saturated carbocycles. The number of amides is 2. The maximum absolute atomic E-state index is 12.7. The maximum Gasteiger partial charge on any atom is 0.338 e. The lowest BCUT2D eigenvalue weighted by atomic mass is 9.82. The van der Waals surface area contributed by atoms with E-state index < -0.39 is 6.04 Å². The molecule has 1 fully saturated rings. The van der Waals surface area contributed by atoms with E-state index in [2.05, 4.69) is 10.6 Å². The van der Waals surface area contributed by atoms with Crippen molar-refractivity contribution in [1.29, 1.82) is 0 Å². The van der Waals surface area contributed by atoms with E-state index in [-0.39, 0.29) is 17.9 Å². The summed E-state index contributed by atoms with van der Waals surface area (Å²) in [6, 6.07) is 7.19. The Labute approximate surface area is 148 Å². The van der Waals surface area contributed by atoms with Crippen LogP contribution in [0.1, 0.15) is 56.2 Å². The van der Waals surface area contributed by atoms with Gasteiger partial charge < -0.3 is 15.4 Å². The highest BCUT2D eigenvalue weighted by Gasteiger charge is 2.36. The van der Waals surface area contributed by atoms with Crippen molar-refractivity contribution in [2.45, 2.75) is 52.0 Å². The minimum atomic E-state index is -0.467. The van der Waals surface area contributed by atoms with Gasteiger partial charge in [-0.15, -0.1) is 0 Å². The van der Waals surface area contributed by atoms with Gasteiger partial charge in [0.1, 0.15) is 0 Å². The van der Waals surface area contributed by atoms with Crippen molar-refractivity contribution in [2.24, 2.45) is 5.92 Å². The van der Waals surface area contributed by atoms with E-state index in [4.69, 9.17) is 4.74 Å². The van der Waals surface area contributed by atoms with Gasteiger partial charge in [-0.3, -0.25) is 0 Å². The van der Waals surface area contributed by atoms with Crippen molar-refractivity contribution in [3.63, 3.8) is 0 Å². The molecule has 25 heavy (non-hydrogen) atoms. The second-order valence-electron chi connectivity index (χ2n) is 6.82. The Morgan fingerprint density at radius 2 is 1.84 bits per heavy atom. The summed E-state index contributed by atoms with van der Waals surface area (Å²) < 4.78 is 5.33. The number of esters is 1. The van der Waals surface area contributed by atoms with E-state index >= 15 is 0 Å². The highest BCUT2D eigenvalue weighted by Crippen LogP contribution is 2.36. The number of ether oxygens (including phenoxy) is 1. The Morgan fingerprint density at radius 1 is 1.16 bits per heavy atom. The average molecular weight is 342 g/mol. The van der Waals surface area contributed by atoms with Crippen molar-refractivity contribution in [3.8, 4) is 0 Å². The number of allylic oxidation sites excluding steroid dienone is 1. The molecular formula is C20H26N2O3. The lowest BCUT2D eigenvalue weighted by Gasteiger charge is -2.34. The van der Waals surface area contributed by atoms with Gasteiger partial charge >= 0.3 is 12.0 Å². The van der Waals surface area contributed by atoms with Crippen LogP contribution in [-0.2, 0) is 9.53 Å². The molecule has 134 valence electrons. The molecular weight excluding hydrogens is 316 g/mol. The third-order valence-electron chi connectivity index (χ3n) is 5.02. The number of carbonyl (C=O) groups is 2. The number of hydrogen-bond acceptors (Lipinski definition) is 3. The summed E-state index contributed by atoms with van der Waals surface area (Å²) >= 11 is 0. The zero-order chi connectivity index (χ0) is 17.8. The van der Waals surface area contributed by atoms with E-state index in [9.17, 15) is 9.59 Å². The van der Waals surface area contributed by atoms with Crippen molar-refractivity contribution in [1.82, 2.24) is 10.6 Å². The molecule has 5 heteroatoms. The number of urea groups is 1. The molecule has 0 spiro atoms. The fraction of sp³-hybridized carbons (Fsp3) is 0.500. The molecule has 0 saturated heterocycles. The molecule has 1 aromatic rings. The molecule has 2 aliphatic rings. The van der Waals surface area contributed by atoms with E-state index in [0.717, 1.165) is 42.5 Å². The zero-order valence-corrected chi connectivity index (χ0v) is 14.9. The maximum atomic E-state index is 12.7. The van der Waals surface area contributed by atoms with Crippen LogP contribution in [-0.4, -0.2) is 18.6 Å². The standard InChI is InChI=1S/C20H26N2O3/c1-3-25-19(23)16-17(14-7-5-4-6-8-14)21-20(24)22-18(16)15-11-9-13(2)10-12-15/h9-12,14,18H,3-8H2,1-2H3,(H2,21,22,24). The van der Waals surface area contributed by atoms with Gasteiger partial charge in [0.15, 0.2) is 0 Å². The van der Waals surface area contributed by atoms with Gasteiger partial charge in [-0.05, 0) is 38.2 Å². The number of hydrogen-bond donors (Lipinski definition) is 2. The fourth-order valence-electron chi connectivity index (χ4n) is 3.74. The SMILES string of the molecule is CCOC(=O)C1=C(C2CCCCC2)NC(=O)NC1c1ccc(C)cc1. The molecule has 1 aliphatic heterocycles. The Bertz CT molecular complexity index is 673. The minimum absolute atomic E-state index is 0.215. The van der Waals surface area contributed by atoms with E-state index in [1.165, 1.54) is 6.42 Å². The first-order chi connectivity index (χ1) is 12.1. The Hall–Kier alpha value is -2.30. The molecule has 2 N–H and O–H groups in total. The largest absolute Gasteiger partial charge is 0.463 e.